The van der Waals surface area contributed by atoms with Crippen molar-refractivity contribution in [2.75, 3.05) is 32.7 Å². The molecule has 3 rings (SSSR count). The maximum atomic E-state index is 11.6. The van der Waals surface area contributed by atoms with Crippen LogP contribution < -0.4 is 16.0 Å². The van der Waals surface area contributed by atoms with Crippen LogP contribution in [0.25, 0.3) is 0 Å². The molecule has 1 heterocycles. The van der Waals surface area contributed by atoms with Gasteiger partial charge in [0.2, 0.25) is 5.91 Å². The van der Waals surface area contributed by atoms with Crippen molar-refractivity contribution < 1.29 is 9.59 Å². The second-order valence-corrected chi connectivity index (χ2v) is 7.53. The van der Waals surface area contributed by atoms with E-state index >= 15 is 0 Å². The van der Waals surface area contributed by atoms with Crippen LogP contribution in [0.15, 0.2) is 33.7 Å². The predicted molar refractivity (Wildman–Crippen MR) is 104 cm³/mol. The number of halogens is 1. The number of nitrogens with one attached hydrogen (secondary N) is 3. The molecule has 26 heavy (non-hydrogen) atoms. The van der Waals surface area contributed by atoms with Gasteiger partial charge >= 0.3 is 6.03 Å². The predicted octanol–water partition coefficient (Wildman–Crippen LogP) is 1.59. The number of hydrogen-bond donors (Lipinski definition) is 3. The molecule has 140 valence electrons. The summed E-state index contributed by atoms with van der Waals surface area (Å²) in [5.41, 5.74) is 1.43. The van der Waals surface area contributed by atoms with Crippen LogP contribution in [0.3, 0.4) is 0 Å². The standard InChI is InChI=1S/C18H24BrN5O2/c1-2-20-16(21-8-9-24-15(25)11-22-17(24)26)23-12-18(6-7-18)13-4-3-5-14(19)10-13/h3-5,10H,2,6-9,11-12H2,1H3,(H,22,26)(H2,20,21,23). The van der Waals surface area contributed by atoms with E-state index in [1.165, 1.54) is 10.5 Å². The summed E-state index contributed by atoms with van der Waals surface area (Å²) in [7, 11) is 0. The molecular weight excluding hydrogens is 398 g/mol. The zero-order valence-corrected chi connectivity index (χ0v) is 16.4. The van der Waals surface area contributed by atoms with E-state index in [9.17, 15) is 9.59 Å². The SMILES string of the molecule is CCNC(=NCC1(c2cccc(Br)c2)CC1)NCCN1C(=O)CNC1=O. The zero-order valence-electron chi connectivity index (χ0n) is 14.8. The van der Waals surface area contributed by atoms with Crippen molar-refractivity contribution in [3.05, 3.63) is 34.3 Å². The van der Waals surface area contributed by atoms with Crippen molar-refractivity contribution in [2.24, 2.45) is 4.99 Å². The lowest BCUT2D eigenvalue weighted by molar-refractivity contribution is -0.124. The third kappa shape index (κ3) is 4.35. The van der Waals surface area contributed by atoms with Gasteiger partial charge in [-0.2, -0.15) is 0 Å². The number of aliphatic imine (C=N–C) groups is 1. The van der Waals surface area contributed by atoms with Crippen LogP contribution in [0.4, 0.5) is 4.79 Å². The van der Waals surface area contributed by atoms with Gasteiger partial charge in [-0.05, 0) is 37.5 Å². The summed E-state index contributed by atoms with van der Waals surface area (Å²) in [5.74, 6) is 0.520. The minimum atomic E-state index is -0.328. The van der Waals surface area contributed by atoms with E-state index < -0.39 is 0 Å². The minimum absolute atomic E-state index is 0.0855. The van der Waals surface area contributed by atoms with Gasteiger partial charge < -0.3 is 16.0 Å². The minimum Gasteiger partial charge on any atom is -0.357 e. The Morgan fingerprint density at radius 2 is 2.15 bits per heavy atom. The monoisotopic (exact) mass is 421 g/mol. The van der Waals surface area contributed by atoms with Gasteiger partial charge in [-0.25, -0.2) is 4.79 Å². The van der Waals surface area contributed by atoms with Crippen LogP contribution in [0.1, 0.15) is 25.3 Å². The zero-order chi connectivity index (χ0) is 18.6. The number of nitrogens with zero attached hydrogens (tertiary/aromatic N) is 2. The van der Waals surface area contributed by atoms with Crippen molar-refractivity contribution in [3.8, 4) is 0 Å². The summed E-state index contributed by atoms with van der Waals surface area (Å²) in [5, 5.41) is 8.95. The topological polar surface area (TPSA) is 85.8 Å². The second kappa shape index (κ2) is 8.07. The molecule has 1 aliphatic carbocycles. The number of benzene rings is 1. The molecule has 7 nitrogen and oxygen atoms in total. The van der Waals surface area contributed by atoms with Gasteiger partial charge in [0, 0.05) is 29.5 Å². The van der Waals surface area contributed by atoms with Crippen molar-refractivity contribution in [1.82, 2.24) is 20.9 Å². The maximum absolute atomic E-state index is 11.6. The first-order valence-corrected chi connectivity index (χ1v) is 9.70. The number of urea groups is 1. The van der Waals surface area contributed by atoms with Crippen molar-refractivity contribution in [3.63, 3.8) is 0 Å². The molecule has 8 heteroatoms. The molecule has 0 radical (unpaired) electrons. The van der Waals surface area contributed by atoms with Crippen LogP contribution in [0.2, 0.25) is 0 Å². The Hall–Kier alpha value is -2.09. The van der Waals surface area contributed by atoms with Crippen LogP contribution in [-0.4, -0.2) is 55.5 Å². The van der Waals surface area contributed by atoms with E-state index in [0.29, 0.717) is 25.6 Å². The maximum Gasteiger partial charge on any atom is 0.324 e. The molecule has 2 aliphatic rings. The highest BCUT2D eigenvalue weighted by Crippen LogP contribution is 2.48. The Balaban J connectivity index is 1.57. The lowest BCUT2D eigenvalue weighted by Gasteiger charge is -2.17. The number of hydrogen-bond acceptors (Lipinski definition) is 3. The number of carbonyl (C=O) groups is 2. The molecule has 0 spiro atoms. The second-order valence-electron chi connectivity index (χ2n) is 6.62. The number of carbonyl (C=O) groups excluding carboxylic acids is 2. The number of amides is 3. The normalized spacial score (nSPS) is 18.7. The van der Waals surface area contributed by atoms with Crippen molar-refractivity contribution in [2.45, 2.75) is 25.2 Å². The summed E-state index contributed by atoms with van der Waals surface area (Å²) < 4.78 is 1.09. The molecule has 1 saturated heterocycles. The van der Waals surface area contributed by atoms with Gasteiger partial charge in [-0.15, -0.1) is 0 Å². The first-order chi connectivity index (χ1) is 12.5. The number of guanidine groups is 1. The van der Waals surface area contributed by atoms with Gasteiger partial charge in [-0.3, -0.25) is 14.7 Å². The summed E-state index contributed by atoms with van der Waals surface area (Å²) in [6.45, 7) is 4.35. The van der Waals surface area contributed by atoms with Gasteiger partial charge in [0.05, 0.1) is 13.1 Å². The van der Waals surface area contributed by atoms with Crippen LogP contribution in [0, 0.1) is 0 Å². The van der Waals surface area contributed by atoms with E-state index in [1.54, 1.807) is 0 Å². The van der Waals surface area contributed by atoms with Gasteiger partial charge in [0.1, 0.15) is 0 Å². The highest BCUT2D eigenvalue weighted by atomic mass is 79.9. The fraction of sp³-hybridized carbons (Fsp3) is 0.500. The number of rotatable bonds is 7. The first kappa shape index (κ1) is 18.7. The fourth-order valence-electron chi connectivity index (χ4n) is 3.05. The Labute approximate surface area is 161 Å². The molecule has 1 aromatic rings. The molecule has 1 aromatic carbocycles. The van der Waals surface area contributed by atoms with E-state index in [1.807, 2.05) is 13.0 Å². The molecule has 2 fully saturated rings. The van der Waals surface area contributed by atoms with Crippen LogP contribution in [-0.2, 0) is 10.2 Å². The molecule has 0 bridgehead atoms. The van der Waals surface area contributed by atoms with Gasteiger partial charge in [0.25, 0.3) is 0 Å². The quantitative estimate of drug-likeness (QED) is 0.354. The third-order valence-corrected chi connectivity index (χ3v) is 5.23. The molecule has 3 N–H and O–H groups in total. The molecule has 0 unspecified atom stereocenters. The number of imide groups is 1. The molecule has 3 amide bonds. The van der Waals surface area contributed by atoms with Gasteiger partial charge in [0.15, 0.2) is 5.96 Å². The molecular formula is C18H24BrN5O2. The highest BCUT2D eigenvalue weighted by molar-refractivity contribution is 9.10. The van der Waals surface area contributed by atoms with E-state index in [2.05, 4.69) is 50.1 Å². The van der Waals surface area contributed by atoms with E-state index in [4.69, 9.17) is 4.99 Å². The Morgan fingerprint density at radius 3 is 2.77 bits per heavy atom. The fourth-order valence-corrected chi connectivity index (χ4v) is 3.45. The third-order valence-electron chi connectivity index (χ3n) is 4.74. The first-order valence-electron chi connectivity index (χ1n) is 8.90. The average molecular weight is 422 g/mol. The molecule has 0 aromatic heterocycles. The van der Waals surface area contributed by atoms with Crippen molar-refractivity contribution >= 4 is 33.8 Å². The van der Waals surface area contributed by atoms with E-state index in [-0.39, 0.29) is 23.9 Å². The summed E-state index contributed by atoms with van der Waals surface area (Å²) in [6.07, 6.45) is 2.27. The Kier molecular flexibility index (Phi) is 5.80. The average Bonchev–Trinajstić information content (AvgIpc) is 3.35. The lowest BCUT2D eigenvalue weighted by Crippen LogP contribution is -2.43. The molecule has 0 atom stereocenters. The van der Waals surface area contributed by atoms with Gasteiger partial charge in [-0.1, -0.05) is 28.1 Å². The summed E-state index contributed by atoms with van der Waals surface area (Å²) in [4.78, 5) is 29.1. The smallest absolute Gasteiger partial charge is 0.324 e. The van der Waals surface area contributed by atoms with Crippen LogP contribution >= 0.6 is 15.9 Å². The van der Waals surface area contributed by atoms with Crippen LogP contribution in [0.5, 0.6) is 0 Å². The summed E-state index contributed by atoms with van der Waals surface area (Å²) in [6, 6.07) is 8.09. The highest BCUT2D eigenvalue weighted by Gasteiger charge is 2.44. The Bertz CT molecular complexity index is 701. The van der Waals surface area contributed by atoms with Crippen molar-refractivity contribution in [1.29, 1.82) is 0 Å². The lowest BCUT2D eigenvalue weighted by atomic mass is 9.96. The molecule has 1 saturated carbocycles. The van der Waals surface area contributed by atoms with E-state index in [0.717, 1.165) is 23.9 Å². The largest absolute Gasteiger partial charge is 0.357 e. The Morgan fingerprint density at radius 1 is 1.35 bits per heavy atom. The summed E-state index contributed by atoms with van der Waals surface area (Å²) >= 11 is 3.54. The molecule has 1 aliphatic heterocycles.